The molecule has 0 aliphatic carbocycles. The lowest BCUT2D eigenvalue weighted by Gasteiger charge is -2.32. The summed E-state index contributed by atoms with van der Waals surface area (Å²) in [6, 6.07) is 29.5. The fraction of sp³-hybridized carbons (Fsp3) is 0.156. The number of rotatable bonds is 5. The Hall–Kier alpha value is -4.71. The summed E-state index contributed by atoms with van der Waals surface area (Å²) in [6.45, 7) is 2.96. The number of carbonyl (C=O) groups is 3. The van der Waals surface area contributed by atoms with Gasteiger partial charge in [-0.05, 0) is 22.8 Å². The summed E-state index contributed by atoms with van der Waals surface area (Å²) in [5.41, 5.74) is 6.13. The third-order valence-corrected chi connectivity index (χ3v) is 6.79. The normalized spacial score (nSPS) is 15.4. The molecule has 0 atom stereocenters. The zero-order valence-corrected chi connectivity index (χ0v) is 20.9. The van der Waals surface area contributed by atoms with Crippen LogP contribution in [0.4, 0.5) is 0 Å². The lowest BCUT2D eigenvalue weighted by molar-refractivity contribution is -0.239. The van der Waals surface area contributed by atoms with Crippen LogP contribution < -0.4 is 0 Å². The van der Waals surface area contributed by atoms with E-state index in [2.05, 4.69) is 30.3 Å². The number of carbonyl (C=O) groups excluding carboxylic acids is 3. The molecule has 6 nitrogen and oxygen atoms in total. The molecule has 0 saturated carbocycles. The molecule has 38 heavy (non-hydrogen) atoms. The highest BCUT2D eigenvalue weighted by Gasteiger charge is 2.44. The van der Waals surface area contributed by atoms with Crippen LogP contribution in [0, 0.1) is 5.92 Å². The van der Waals surface area contributed by atoms with Gasteiger partial charge in [0.05, 0.1) is 0 Å². The molecule has 1 aromatic heterocycles. The van der Waals surface area contributed by atoms with Gasteiger partial charge in [0.15, 0.2) is 11.7 Å². The number of fused-ring (bicyclic) bond motifs is 3. The molecule has 0 amide bonds. The van der Waals surface area contributed by atoms with E-state index < -0.39 is 23.6 Å². The molecule has 6 heteroatoms. The maximum absolute atomic E-state index is 12.8. The van der Waals surface area contributed by atoms with E-state index in [0.29, 0.717) is 5.56 Å². The van der Waals surface area contributed by atoms with Gasteiger partial charge in [-0.1, -0.05) is 84.9 Å². The molecule has 1 aliphatic heterocycles. The van der Waals surface area contributed by atoms with Crippen molar-refractivity contribution < 1.29 is 28.3 Å². The first kappa shape index (κ1) is 23.7. The molecule has 188 valence electrons. The fourth-order valence-corrected chi connectivity index (χ4v) is 4.88. The van der Waals surface area contributed by atoms with E-state index >= 15 is 0 Å². The van der Waals surface area contributed by atoms with Gasteiger partial charge < -0.3 is 13.9 Å². The summed E-state index contributed by atoms with van der Waals surface area (Å²) in [5.74, 6) is -4.38. The molecule has 0 N–H and O–H groups in total. The van der Waals surface area contributed by atoms with Gasteiger partial charge in [-0.25, -0.2) is 0 Å². The first-order chi connectivity index (χ1) is 18.3. The lowest BCUT2D eigenvalue weighted by atomic mass is 9.95. The average molecular weight is 505 g/mol. The molecule has 1 fully saturated rings. The third kappa shape index (κ3) is 4.24. The Labute approximate surface area is 218 Å². The van der Waals surface area contributed by atoms with Crippen molar-refractivity contribution in [3.63, 3.8) is 0 Å². The van der Waals surface area contributed by atoms with Gasteiger partial charge >= 0.3 is 11.9 Å². The van der Waals surface area contributed by atoms with Crippen LogP contribution in [0.5, 0.6) is 0 Å². The van der Waals surface area contributed by atoms with E-state index in [-0.39, 0.29) is 12.2 Å². The third-order valence-electron chi connectivity index (χ3n) is 6.79. The van der Waals surface area contributed by atoms with E-state index in [1.165, 1.54) is 13.8 Å². The molecule has 0 radical (unpaired) electrons. The number of hydrogen-bond donors (Lipinski definition) is 0. The predicted molar refractivity (Wildman–Crippen MR) is 143 cm³/mol. The van der Waals surface area contributed by atoms with Crippen LogP contribution in [-0.4, -0.2) is 23.5 Å². The van der Waals surface area contributed by atoms with E-state index in [9.17, 15) is 14.4 Å². The number of ketones is 1. The Balaban J connectivity index is 1.20. The minimum atomic E-state index is -1.32. The summed E-state index contributed by atoms with van der Waals surface area (Å²) >= 11 is 0. The summed E-state index contributed by atoms with van der Waals surface area (Å²) in [7, 11) is 0. The second kappa shape index (κ2) is 8.99. The van der Waals surface area contributed by atoms with Crippen molar-refractivity contribution in [2.75, 3.05) is 0 Å². The highest BCUT2D eigenvalue weighted by molar-refractivity contribution is 6.09. The van der Waals surface area contributed by atoms with Crippen molar-refractivity contribution >= 4 is 39.7 Å². The number of Topliss-reactive ketones (excluding diaryl/α,β-unsaturated/α-hetero) is 1. The summed E-state index contributed by atoms with van der Waals surface area (Å²) in [4.78, 5) is 37.1. The standard InChI is InChI=1S/C32H24O6/c1-32(2)37-30(34)26(31(35)38-32)18-27(33)22-16-12-20(13-17-22)19-10-14-21(15-11-19)23-7-5-8-25-24-6-3-4-9-28(24)36-29(23)25/h3-17,26H,18H2,1-2H3. The molecule has 0 bridgehead atoms. The Morgan fingerprint density at radius 1 is 0.711 bits per heavy atom. The van der Waals surface area contributed by atoms with Crippen LogP contribution in [0.15, 0.2) is 95.4 Å². The number of hydrogen-bond acceptors (Lipinski definition) is 6. The smallest absolute Gasteiger partial charge is 0.324 e. The highest BCUT2D eigenvalue weighted by Crippen LogP contribution is 2.36. The summed E-state index contributed by atoms with van der Waals surface area (Å²) in [6.07, 6.45) is -0.297. The number of ether oxygens (including phenoxy) is 2. The van der Waals surface area contributed by atoms with Gasteiger partial charge in [0.1, 0.15) is 11.2 Å². The molecular weight excluding hydrogens is 480 g/mol. The molecule has 1 aliphatic rings. The molecule has 4 aromatic carbocycles. The maximum Gasteiger partial charge on any atom is 0.324 e. The van der Waals surface area contributed by atoms with Gasteiger partial charge in [0.2, 0.25) is 0 Å². The van der Waals surface area contributed by atoms with Gasteiger partial charge in [-0.3, -0.25) is 14.4 Å². The average Bonchev–Trinajstić information content (AvgIpc) is 3.29. The molecule has 0 unspecified atom stereocenters. The second-order valence-electron chi connectivity index (χ2n) is 9.86. The largest absolute Gasteiger partial charge is 0.455 e. The number of benzene rings is 4. The Bertz CT molecular complexity index is 1690. The monoisotopic (exact) mass is 504 g/mol. The minimum Gasteiger partial charge on any atom is -0.455 e. The Morgan fingerprint density at radius 3 is 1.97 bits per heavy atom. The first-order valence-corrected chi connectivity index (χ1v) is 12.4. The SMILES string of the molecule is CC1(C)OC(=O)C(CC(=O)c2ccc(-c3ccc(-c4cccc5c4oc4ccccc45)cc3)cc2)C(=O)O1. The maximum atomic E-state index is 12.8. The van der Waals surface area contributed by atoms with Crippen molar-refractivity contribution in [1.82, 2.24) is 0 Å². The summed E-state index contributed by atoms with van der Waals surface area (Å²) < 4.78 is 16.4. The Morgan fingerprint density at radius 2 is 1.29 bits per heavy atom. The number of esters is 2. The molecule has 6 rings (SSSR count). The van der Waals surface area contributed by atoms with Crippen LogP contribution in [0.25, 0.3) is 44.2 Å². The van der Waals surface area contributed by atoms with E-state index in [1.54, 1.807) is 12.1 Å². The van der Waals surface area contributed by atoms with Crippen molar-refractivity contribution in [3.8, 4) is 22.3 Å². The van der Waals surface area contributed by atoms with Crippen molar-refractivity contribution in [3.05, 3.63) is 96.6 Å². The molecule has 2 heterocycles. The van der Waals surface area contributed by atoms with E-state index in [4.69, 9.17) is 13.9 Å². The molecule has 1 saturated heterocycles. The second-order valence-corrected chi connectivity index (χ2v) is 9.86. The quantitative estimate of drug-likeness (QED) is 0.146. The highest BCUT2D eigenvalue weighted by atomic mass is 16.7. The number of furan rings is 1. The van der Waals surface area contributed by atoms with Crippen LogP contribution in [0.1, 0.15) is 30.6 Å². The van der Waals surface area contributed by atoms with Crippen LogP contribution in [-0.2, 0) is 19.1 Å². The molecular formula is C32H24O6. The van der Waals surface area contributed by atoms with E-state index in [0.717, 1.165) is 44.2 Å². The van der Waals surface area contributed by atoms with Crippen LogP contribution in [0.2, 0.25) is 0 Å². The van der Waals surface area contributed by atoms with Crippen molar-refractivity contribution in [2.24, 2.45) is 5.92 Å². The Kier molecular flexibility index (Phi) is 5.60. The van der Waals surface area contributed by atoms with Gasteiger partial charge in [-0.2, -0.15) is 0 Å². The van der Waals surface area contributed by atoms with E-state index in [1.807, 2.05) is 48.5 Å². The predicted octanol–water partition coefficient (Wildman–Crippen LogP) is 6.95. The van der Waals surface area contributed by atoms with Crippen LogP contribution in [0.3, 0.4) is 0 Å². The van der Waals surface area contributed by atoms with Gasteiger partial charge in [0, 0.05) is 42.2 Å². The summed E-state index contributed by atoms with van der Waals surface area (Å²) in [5, 5.41) is 2.18. The van der Waals surface area contributed by atoms with Gasteiger partial charge in [0.25, 0.3) is 5.79 Å². The van der Waals surface area contributed by atoms with Gasteiger partial charge in [-0.15, -0.1) is 0 Å². The fourth-order valence-electron chi connectivity index (χ4n) is 4.88. The van der Waals surface area contributed by atoms with Crippen molar-refractivity contribution in [2.45, 2.75) is 26.1 Å². The zero-order chi connectivity index (χ0) is 26.4. The molecule has 0 spiro atoms. The number of para-hydroxylation sites is 2. The number of cyclic esters (lactones) is 2. The minimum absolute atomic E-state index is 0.297. The van der Waals surface area contributed by atoms with Crippen molar-refractivity contribution in [1.29, 1.82) is 0 Å². The molecule has 5 aromatic rings. The topological polar surface area (TPSA) is 82.8 Å². The van der Waals surface area contributed by atoms with Crippen LogP contribution >= 0.6 is 0 Å². The first-order valence-electron chi connectivity index (χ1n) is 12.4. The zero-order valence-electron chi connectivity index (χ0n) is 20.9. The lowest BCUT2D eigenvalue weighted by Crippen LogP contribution is -2.46.